The van der Waals surface area contributed by atoms with Crippen LogP contribution in [0.4, 0.5) is 5.69 Å². The van der Waals surface area contributed by atoms with Gasteiger partial charge in [0.15, 0.2) is 0 Å². The van der Waals surface area contributed by atoms with Gasteiger partial charge in [-0.15, -0.1) is 0 Å². The van der Waals surface area contributed by atoms with Gasteiger partial charge < -0.3 is 0 Å². The highest BCUT2D eigenvalue weighted by Crippen LogP contribution is 2.36. The van der Waals surface area contributed by atoms with E-state index >= 15 is 0 Å². The van der Waals surface area contributed by atoms with E-state index in [1.54, 1.807) is 19.1 Å². The molecule has 0 bridgehead atoms. The van der Waals surface area contributed by atoms with Crippen LogP contribution in [0.3, 0.4) is 0 Å². The van der Waals surface area contributed by atoms with Crippen molar-refractivity contribution in [2.45, 2.75) is 18.9 Å². The number of nitrogens with zero attached hydrogens (tertiary/aromatic N) is 3. The Morgan fingerprint density at radius 2 is 1.66 bits per heavy atom. The predicted octanol–water partition coefficient (Wildman–Crippen LogP) is 3.73. The van der Waals surface area contributed by atoms with E-state index in [1.165, 1.54) is 12.1 Å². The predicted molar refractivity (Wildman–Crippen MR) is 122 cm³/mol. The summed E-state index contributed by atoms with van der Waals surface area (Å²) >= 11 is 0. The third kappa shape index (κ3) is 4.11. The molecule has 1 heterocycles. The summed E-state index contributed by atoms with van der Waals surface area (Å²) in [4.78, 5) is 23.3. The maximum absolute atomic E-state index is 12.8. The lowest BCUT2D eigenvalue weighted by atomic mass is 9.80. The van der Waals surface area contributed by atoms with E-state index in [1.807, 2.05) is 60.7 Å². The number of amides is 1. The van der Waals surface area contributed by atoms with Crippen molar-refractivity contribution in [2.24, 2.45) is 10.2 Å². The van der Waals surface area contributed by atoms with Gasteiger partial charge >= 0.3 is 0 Å². The second-order valence-electron chi connectivity index (χ2n) is 7.43. The molecule has 0 aromatic heterocycles. The molecule has 0 fully saturated rings. The second-order valence-corrected chi connectivity index (χ2v) is 7.43. The van der Waals surface area contributed by atoms with Crippen LogP contribution in [0.5, 0.6) is 0 Å². The van der Waals surface area contributed by atoms with Gasteiger partial charge in [0.1, 0.15) is 11.3 Å². The van der Waals surface area contributed by atoms with Crippen molar-refractivity contribution in [3.8, 4) is 0 Å². The summed E-state index contributed by atoms with van der Waals surface area (Å²) in [6.45, 7) is 1.67. The molecule has 0 aliphatic carbocycles. The van der Waals surface area contributed by atoms with Gasteiger partial charge in [-0.05, 0) is 18.1 Å². The quantitative estimate of drug-likeness (QED) is 0.355. The maximum atomic E-state index is 12.8. The minimum Gasteiger partial charge on any atom is -0.294 e. The van der Waals surface area contributed by atoms with Gasteiger partial charge in [0, 0.05) is 24.1 Å². The molecule has 32 heavy (non-hydrogen) atoms. The zero-order chi connectivity index (χ0) is 22.6. The minimum atomic E-state index is -0.659. The zero-order valence-electron chi connectivity index (χ0n) is 17.4. The maximum Gasteiger partial charge on any atom is 0.287 e. The van der Waals surface area contributed by atoms with Crippen LogP contribution in [0.25, 0.3) is 0 Å². The molecule has 0 radical (unpaired) electrons. The molecular formula is C24H21N5O3. The van der Waals surface area contributed by atoms with Crippen LogP contribution in [0.15, 0.2) is 95.1 Å². The topological polar surface area (TPSA) is 109 Å². The molecule has 1 aliphatic heterocycles. The molecule has 8 heteroatoms. The molecule has 8 nitrogen and oxygen atoms in total. The van der Waals surface area contributed by atoms with Crippen molar-refractivity contribution >= 4 is 23.0 Å². The Bertz CT molecular complexity index is 1170. The number of carbonyl (C=O) groups is 1. The molecule has 2 N–H and O–H groups in total. The van der Waals surface area contributed by atoms with Gasteiger partial charge in [0.25, 0.3) is 11.6 Å². The number of nitro groups is 1. The lowest BCUT2D eigenvalue weighted by Gasteiger charge is -2.30. The van der Waals surface area contributed by atoms with Crippen LogP contribution in [-0.4, -0.2) is 22.3 Å². The third-order valence-electron chi connectivity index (χ3n) is 5.41. The molecule has 1 amide bonds. The number of non-ortho nitro benzene ring substituents is 1. The van der Waals surface area contributed by atoms with Gasteiger partial charge in [0.05, 0.1) is 10.6 Å². The Hall–Kier alpha value is -4.33. The van der Waals surface area contributed by atoms with Crippen molar-refractivity contribution in [1.82, 2.24) is 10.9 Å². The minimum absolute atomic E-state index is 0.0387. The van der Waals surface area contributed by atoms with Crippen molar-refractivity contribution in [3.63, 3.8) is 0 Å². The van der Waals surface area contributed by atoms with E-state index in [0.717, 1.165) is 11.1 Å². The second kappa shape index (κ2) is 8.81. The highest BCUT2D eigenvalue weighted by Gasteiger charge is 2.41. The summed E-state index contributed by atoms with van der Waals surface area (Å²) in [5, 5.41) is 19.4. The average molecular weight is 427 g/mol. The Balaban J connectivity index is 1.54. The van der Waals surface area contributed by atoms with Gasteiger partial charge in [-0.2, -0.15) is 10.2 Å². The summed E-state index contributed by atoms with van der Waals surface area (Å²) < 4.78 is 0. The van der Waals surface area contributed by atoms with E-state index in [9.17, 15) is 14.9 Å². The molecule has 0 saturated heterocycles. The number of rotatable bonds is 6. The number of nitrogens with one attached hydrogen (secondary N) is 2. The van der Waals surface area contributed by atoms with Gasteiger partial charge in [-0.25, -0.2) is 5.43 Å². The van der Waals surface area contributed by atoms with Crippen molar-refractivity contribution in [2.75, 3.05) is 0 Å². The van der Waals surface area contributed by atoms with Crippen LogP contribution in [0.2, 0.25) is 0 Å². The summed E-state index contributed by atoms with van der Waals surface area (Å²) in [5.74, 6) is -0.434. The SMILES string of the molecule is C/C(=N\NC(=O)C1=NNC(c2ccccc2)(c2ccccc2)C1)c1cccc([N+](=O)[O-])c1. The third-order valence-corrected chi connectivity index (χ3v) is 5.41. The van der Waals surface area contributed by atoms with E-state index < -0.39 is 16.4 Å². The Morgan fingerprint density at radius 1 is 1.03 bits per heavy atom. The van der Waals surface area contributed by atoms with E-state index in [-0.39, 0.29) is 5.69 Å². The molecule has 0 atom stereocenters. The highest BCUT2D eigenvalue weighted by atomic mass is 16.6. The first kappa shape index (κ1) is 20.9. The normalized spacial score (nSPS) is 14.9. The molecular weight excluding hydrogens is 406 g/mol. The largest absolute Gasteiger partial charge is 0.294 e. The number of nitro benzene ring substituents is 1. The van der Waals surface area contributed by atoms with Gasteiger partial charge in [-0.1, -0.05) is 72.8 Å². The first-order valence-corrected chi connectivity index (χ1v) is 10.0. The average Bonchev–Trinajstić information content (AvgIpc) is 3.30. The summed E-state index contributed by atoms with van der Waals surface area (Å²) in [6, 6.07) is 25.8. The molecule has 0 spiro atoms. The molecule has 3 aromatic carbocycles. The van der Waals surface area contributed by atoms with Crippen LogP contribution in [0.1, 0.15) is 30.0 Å². The summed E-state index contributed by atoms with van der Waals surface area (Å²) in [7, 11) is 0. The Morgan fingerprint density at radius 3 is 2.25 bits per heavy atom. The van der Waals surface area contributed by atoms with E-state index in [4.69, 9.17) is 0 Å². The lowest BCUT2D eigenvalue weighted by molar-refractivity contribution is -0.384. The van der Waals surface area contributed by atoms with Crippen molar-refractivity contribution in [1.29, 1.82) is 0 Å². The van der Waals surface area contributed by atoms with Crippen LogP contribution >= 0.6 is 0 Å². The Kier molecular flexibility index (Phi) is 5.76. The number of hydrazone groups is 2. The van der Waals surface area contributed by atoms with Crippen LogP contribution < -0.4 is 10.9 Å². The van der Waals surface area contributed by atoms with Gasteiger partial charge in [-0.3, -0.25) is 20.3 Å². The standard InChI is InChI=1S/C24H21N5O3/c1-17(18-9-8-14-21(15-18)29(31)32)25-27-23(30)22-16-24(28-26-22,19-10-4-2-5-11-19)20-12-6-3-7-13-20/h2-15,28H,16H2,1H3,(H,27,30)/b25-17+. The van der Waals surface area contributed by atoms with E-state index in [2.05, 4.69) is 21.1 Å². The molecule has 160 valence electrons. The van der Waals surface area contributed by atoms with Crippen molar-refractivity contribution in [3.05, 3.63) is 112 Å². The number of hydrogen-bond donors (Lipinski definition) is 2. The van der Waals surface area contributed by atoms with Crippen LogP contribution in [-0.2, 0) is 10.3 Å². The fourth-order valence-electron chi connectivity index (χ4n) is 3.68. The van der Waals surface area contributed by atoms with Crippen LogP contribution in [0, 0.1) is 10.1 Å². The zero-order valence-corrected chi connectivity index (χ0v) is 17.4. The first-order valence-electron chi connectivity index (χ1n) is 10.0. The number of carbonyl (C=O) groups excluding carboxylic acids is 1. The molecule has 1 aliphatic rings. The highest BCUT2D eigenvalue weighted by molar-refractivity contribution is 6.39. The molecule has 0 saturated carbocycles. The fraction of sp³-hybridized carbons (Fsp3) is 0.125. The number of hydrogen-bond acceptors (Lipinski definition) is 6. The number of benzene rings is 3. The Labute approximate surface area is 184 Å². The molecule has 4 rings (SSSR count). The first-order chi connectivity index (χ1) is 15.5. The summed E-state index contributed by atoms with van der Waals surface area (Å²) in [6.07, 6.45) is 0.345. The fourth-order valence-corrected chi connectivity index (χ4v) is 3.68. The van der Waals surface area contributed by atoms with Gasteiger partial charge in [0.2, 0.25) is 0 Å². The monoisotopic (exact) mass is 427 g/mol. The smallest absolute Gasteiger partial charge is 0.287 e. The summed E-state index contributed by atoms with van der Waals surface area (Å²) in [5.41, 5.74) is 8.30. The molecule has 3 aromatic rings. The lowest BCUT2D eigenvalue weighted by Crippen LogP contribution is -2.38. The van der Waals surface area contributed by atoms with E-state index in [0.29, 0.717) is 23.4 Å². The molecule has 0 unspecified atom stereocenters. The van der Waals surface area contributed by atoms with Crippen molar-refractivity contribution < 1.29 is 9.72 Å².